The highest BCUT2D eigenvalue weighted by Crippen LogP contribution is 2.27. The molecule has 2 aromatic heterocycles. The van der Waals surface area contributed by atoms with E-state index in [1.807, 2.05) is 84.9 Å². The molecular weight excluding hydrogens is 446 g/mol. The summed E-state index contributed by atoms with van der Waals surface area (Å²) >= 11 is 0. The third-order valence-corrected chi connectivity index (χ3v) is 5.67. The van der Waals surface area contributed by atoms with E-state index in [2.05, 4.69) is 45.6 Å². The summed E-state index contributed by atoms with van der Waals surface area (Å²) in [6, 6.07) is 34.1. The minimum atomic E-state index is -0.256. The predicted molar refractivity (Wildman–Crippen MR) is 145 cm³/mol. The first-order valence-electron chi connectivity index (χ1n) is 11.6. The molecule has 2 heterocycles. The van der Waals surface area contributed by atoms with Crippen LogP contribution in [0.1, 0.15) is 11.1 Å². The number of hydrogen-bond acceptors (Lipinski definition) is 4. The molecular formula is C30H25N5O. The molecule has 0 saturated heterocycles. The third kappa shape index (κ3) is 5.56. The standard InChI is InChI=1S/C30H25N5O/c1-2-30(36)31-25-15-9-14-24(19-25)26-17-22(16-21-10-5-3-6-11-21)18-28(32-26)33-29-20-27(34-35-29)23-12-7-4-8-13-23/h2-15,17-20H,1,16H2,(H,31,36)(H2,32,33,34,35). The second-order valence-corrected chi connectivity index (χ2v) is 8.34. The van der Waals surface area contributed by atoms with Gasteiger partial charge in [0.2, 0.25) is 5.91 Å². The minimum absolute atomic E-state index is 0.256. The molecule has 0 radical (unpaired) electrons. The molecule has 176 valence electrons. The van der Waals surface area contributed by atoms with Crippen molar-refractivity contribution in [1.82, 2.24) is 15.2 Å². The first-order chi connectivity index (χ1) is 17.7. The van der Waals surface area contributed by atoms with Gasteiger partial charge in [-0.05, 0) is 53.5 Å². The molecule has 0 unspecified atom stereocenters. The molecule has 5 aromatic rings. The molecule has 0 fully saturated rings. The van der Waals surface area contributed by atoms with Crippen molar-refractivity contribution in [2.24, 2.45) is 0 Å². The van der Waals surface area contributed by atoms with Crippen molar-refractivity contribution in [2.45, 2.75) is 6.42 Å². The second kappa shape index (κ2) is 10.5. The van der Waals surface area contributed by atoms with Gasteiger partial charge in [0.15, 0.2) is 5.82 Å². The van der Waals surface area contributed by atoms with Crippen molar-refractivity contribution in [3.8, 4) is 22.5 Å². The summed E-state index contributed by atoms with van der Waals surface area (Å²) in [4.78, 5) is 16.6. The van der Waals surface area contributed by atoms with Crippen LogP contribution >= 0.6 is 0 Å². The minimum Gasteiger partial charge on any atom is -0.323 e. The normalized spacial score (nSPS) is 10.6. The number of carbonyl (C=O) groups is 1. The Morgan fingerprint density at radius 3 is 2.33 bits per heavy atom. The van der Waals surface area contributed by atoms with Gasteiger partial charge in [-0.2, -0.15) is 5.10 Å². The van der Waals surface area contributed by atoms with Crippen LogP contribution in [0.2, 0.25) is 0 Å². The summed E-state index contributed by atoms with van der Waals surface area (Å²) in [5.74, 6) is 1.11. The summed E-state index contributed by atoms with van der Waals surface area (Å²) in [6.45, 7) is 3.52. The maximum Gasteiger partial charge on any atom is 0.247 e. The van der Waals surface area contributed by atoms with Crippen LogP contribution in [-0.2, 0) is 11.2 Å². The molecule has 3 N–H and O–H groups in total. The third-order valence-electron chi connectivity index (χ3n) is 5.67. The molecule has 6 nitrogen and oxygen atoms in total. The molecule has 5 rings (SSSR count). The Balaban J connectivity index is 1.48. The van der Waals surface area contributed by atoms with Gasteiger partial charge in [0, 0.05) is 17.3 Å². The number of amides is 1. The van der Waals surface area contributed by atoms with Gasteiger partial charge >= 0.3 is 0 Å². The zero-order valence-electron chi connectivity index (χ0n) is 19.6. The number of H-pyrrole nitrogens is 1. The van der Waals surface area contributed by atoms with Crippen LogP contribution in [0.3, 0.4) is 0 Å². The van der Waals surface area contributed by atoms with Crippen LogP contribution in [0.5, 0.6) is 0 Å². The van der Waals surface area contributed by atoms with Crippen LogP contribution < -0.4 is 10.6 Å². The Morgan fingerprint density at radius 1 is 0.806 bits per heavy atom. The summed E-state index contributed by atoms with van der Waals surface area (Å²) in [7, 11) is 0. The number of nitrogens with one attached hydrogen (secondary N) is 3. The number of nitrogens with zero attached hydrogens (tertiary/aromatic N) is 2. The average Bonchev–Trinajstić information content (AvgIpc) is 3.38. The first-order valence-corrected chi connectivity index (χ1v) is 11.6. The number of carbonyl (C=O) groups excluding carboxylic acids is 1. The van der Waals surface area contributed by atoms with E-state index in [1.165, 1.54) is 11.6 Å². The summed E-state index contributed by atoms with van der Waals surface area (Å²) < 4.78 is 0. The predicted octanol–water partition coefficient (Wildman–Crippen LogP) is 6.60. The van der Waals surface area contributed by atoms with Gasteiger partial charge in [0.25, 0.3) is 0 Å². The fourth-order valence-electron chi connectivity index (χ4n) is 3.96. The van der Waals surface area contributed by atoms with Crippen molar-refractivity contribution in [2.75, 3.05) is 10.6 Å². The van der Waals surface area contributed by atoms with Gasteiger partial charge in [0.05, 0.1) is 11.4 Å². The molecule has 1 amide bonds. The number of rotatable bonds is 8. The van der Waals surface area contributed by atoms with E-state index < -0.39 is 0 Å². The molecule has 0 atom stereocenters. The lowest BCUT2D eigenvalue weighted by atomic mass is 10.0. The lowest BCUT2D eigenvalue weighted by molar-refractivity contribution is -0.111. The summed E-state index contributed by atoms with van der Waals surface area (Å²) in [5, 5.41) is 13.7. The molecule has 0 aliphatic heterocycles. The van der Waals surface area contributed by atoms with E-state index >= 15 is 0 Å². The second-order valence-electron chi connectivity index (χ2n) is 8.34. The molecule has 0 spiro atoms. The average molecular weight is 472 g/mol. The number of aromatic nitrogens is 3. The molecule has 3 aromatic carbocycles. The maximum absolute atomic E-state index is 11.8. The van der Waals surface area contributed by atoms with E-state index in [-0.39, 0.29) is 5.91 Å². The number of hydrogen-bond donors (Lipinski definition) is 3. The maximum atomic E-state index is 11.8. The molecule has 0 bridgehead atoms. The highest BCUT2D eigenvalue weighted by molar-refractivity contribution is 5.99. The molecule has 6 heteroatoms. The quantitative estimate of drug-likeness (QED) is 0.223. The Kier molecular flexibility index (Phi) is 6.67. The van der Waals surface area contributed by atoms with Crippen LogP contribution in [0.25, 0.3) is 22.5 Å². The van der Waals surface area contributed by atoms with Gasteiger partial charge in [-0.3, -0.25) is 9.89 Å². The zero-order chi connectivity index (χ0) is 24.7. The highest BCUT2D eigenvalue weighted by Gasteiger charge is 2.10. The number of pyridine rings is 1. The zero-order valence-corrected chi connectivity index (χ0v) is 19.6. The Morgan fingerprint density at radius 2 is 1.56 bits per heavy atom. The van der Waals surface area contributed by atoms with Crippen LogP contribution in [0.4, 0.5) is 17.3 Å². The van der Waals surface area contributed by atoms with Gasteiger partial charge in [-0.1, -0.05) is 79.4 Å². The van der Waals surface area contributed by atoms with Crippen LogP contribution in [-0.4, -0.2) is 21.1 Å². The fraction of sp³-hybridized carbons (Fsp3) is 0.0333. The molecule has 0 saturated carbocycles. The van der Waals surface area contributed by atoms with Gasteiger partial charge < -0.3 is 10.6 Å². The first kappa shape index (κ1) is 22.8. The monoisotopic (exact) mass is 471 g/mol. The van der Waals surface area contributed by atoms with Crippen molar-refractivity contribution in [3.05, 3.63) is 127 Å². The Bertz CT molecular complexity index is 1490. The lowest BCUT2D eigenvalue weighted by Gasteiger charge is -2.11. The van der Waals surface area contributed by atoms with Gasteiger partial charge in [-0.15, -0.1) is 0 Å². The van der Waals surface area contributed by atoms with E-state index in [4.69, 9.17) is 4.98 Å². The van der Waals surface area contributed by atoms with Crippen molar-refractivity contribution >= 4 is 23.2 Å². The van der Waals surface area contributed by atoms with Gasteiger partial charge in [-0.25, -0.2) is 4.98 Å². The van der Waals surface area contributed by atoms with E-state index in [0.717, 1.165) is 34.5 Å². The number of anilines is 3. The van der Waals surface area contributed by atoms with Crippen LogP contribution in [0, 0.1) is 0 Å². The van der Waals surface area contributed by atoms with E-state index in [0.29, 0.717) is 17.3 Å². The van der Waals surface area contributed by atoms with Crippen LogP contribution in [0.15, 0.2) is 116 Å². The highest BCUT2D eigenvalue weighted by atomic mass is 16.1. The van der Waals surface area contributed by atoms with Crippen molar-refractivity contribution < 1.29 is 4.79 Å². The Hall–Kier alpha value is -4.97. The smallest absolute Gasteiger partial charge is 0.247 e. The molecule has 0 aliphatic carbocycles. The summed E-state index contributed by atoms with van der Waals surface area (Å²) in [5.41, 5.74) is 6.65. The summed E-state index contributed by atoms with van der Waals surface area (Å²) in [6.07, 6.45) is 2.01. The largest absolute Gasteiger partial charge is 0.323 e. The molecule has 0 aliphatic rings. The van der Waals surface area contributed by atoms with Gasteiger partial charge in [0.1, 0.15) is 5.82 Å². The topological polar surface area (TPSA) is 82.7 Å². The molecule has 36 heavy (non-hydrogen) atoms. The fourth-order valence-corrected chi connectivity index (χ4v) is 3.96. The van der Waals surface area contributed by atoms with Crippen molar-refractivity contribution in [1.29, 1.82) is 0 Å². The Labute approximate surface area is 209 Å². The SMILES string of the molecule is C=CC(=O)Nc1cccc(-c2cc(Cc3ccccc3)cc(Nc3cc(-c4ccccc4)[nH]n3)n2)c1. The number of benzene rings is 3. The lowest BCUT2D eigenvalue weighted by Crippen LogP contribution is -2.07. The number of aromatic amines is 1. The van der Waals surface area contributed by atoms with Crippen molar-refractivity contribution in [3.63, 3.8) is 0 Å². The van der Waals surface area contributed by atoms with E-state index in [1.54, 1.807) is 0 Å². The van der Waals surface area contributed by atoms with E-state index in [9.17, 15) is 4.79 Å².